The maximum Gasteiger partial charge on any atom is 0.408 e. The second-order valence-corrected chi connectivity index (χ2v) is 10.7. The van der Waals surface area contributed by atoms with Crippen molar-refractivity contribution in [3.8, 4) is 0 Å². The van der Waals surface area contributed by atoms with Gasteiger partial charge in [0.05, 0.1) is 12.4 Å². The van der Waals surface area contributed by atoms with Gasteiger partial charge in [-0.1, -0.05) is 36.4 Å². The van der Waals surface area contributed by atoms with E-state index in [1.807, 2.05) is 48.5 Å². The number of amides is 3. The van der Waals surface area contributed by atoms with Crippen molar-refractivity contribution in [2.45, 2.75) is 70.2 Å². The fourth-order valence-electron chi connectivity index (χ4n) is 4.70. The predicted molar refractivity (Wildman–Crippen MR) is 145 cm³/mol. The molecule has 1 aliphatic rings. The highest BCUT2D eigenvalue weighted by Crippen LogP contribution is 2.23. The van der Waals surface area contributed by atoms with Gasteiger partial charge in [0.1, 0.15) is 17.7 Å². The van der Waals surface area contributed by atoms with Gasteiger partial charge in [0.2, 0.25) is 11.8 Å². The van der Waals surface area contributed by atoms with Gasteiger partial charge in [-0.15, -0.1) is 0 Å². The third-order valence-corrected chi connectivity index (χ3v) is 6.46. The molecule has 0 radical (unpaired) electrons. The van der Waals surface area contributed by atoms with Gasteiger partial charge in [-0.25, -0.2) is 9.78 Å². The normalized spacial score (nSPS) is 16.8. The standard InChI is InChI=1S/C29H36N6O4/c1-29(2,3)39-28(38)34-24(17-22-18-30-19-32-22)27(37)35-15-9-13-25(35)26(36)33-23(20-10-5-4-6-11-20)16-21-12-7-8-14-31-21/h4-8,10-12,14,18-19,23-25H,9,13,15-17H2,1-3H3,(H,30,32)(H,33,36)(H,34,38)/t23-,24-,25-/m0/s1. The van der Waals surface area contributed by atoms with E-state index in [-0.39, 0.29) is 24.3 Å². The number of likely N-dealkylation sites (tertiary alicyclic amines) is 1. The minimum absolute atomic E-state index is 0.190. The van der Waals surface area contributed by atoms with E-state index in [4.69, 9.17) is 4.74 Å². The van der Waals surface area contributed by atoms with Crippen LogP contribution in [-0.4, -0.2) is 62.0 Å². The van der Waals surface area contributed by atoms with Crippen LogP contribution in [0.25, 0.3) is 0 Å². The zero-order valence-corrected chi connectivity index (χ0v) is 22.6. The molecule has 0 spiro atoms. The van der Waals surface area contributed by atoms with Gasteiger partial charge in [0.15, 0.2) is 0 Å². The number of ether oxygens (including phenoxy) is 1. The van der Waals surface area contributed by atoms with Gasteiger partial charge < -0.3 is 25.3 Å². The van der Waals surface area contributed by atoms with Crippen molar-refractivity contribution in [2.75, 3.05) is 6.54 Å². The van der Waals surface area contributed by atoms with Gasteiger partial charge in [-0.2, -0.15) is 0 Å². The molecule has 0 saturated carbocycles. The summed E-state index contributed by atoms with van der Waals surface area (Å²) < 4.78 is 5.40. The van der Waals surface area contributed by atoms with Crippen LogP contribution in [0.2, 0.25) is 0 Å². The number of imidazole rings is 1. The molecule has 3 N–H and O–H groups in total. The van der Waals surface area contributed by atoms with Crippen molar-refractivity contribution in [3.05, 3.63) is 84.2 Å². The fraction of sp³-hybridized carbons (Fsp3) is 0.414. The Morgan fingerprint density at radius 3 is 2.51 bits per heavy atom. The number of alkyl carbamates (subject to hydrolysis) is 1. The maximum absolute atomic E-state index is 13.8. The quantitative estimate of drug-likeness (QED) is 0.388. The summed E-state index contributed by atoms with van der Waals surface area (Å²) in [6, 6.07) is 13.5. The topological polar surface area (TPSA) is 129 Å². The van der Waals surface area contributed by atoms with Crippen LogP contribution >= 0.6 is 0 Å². The van der Waals surface area contributed by atoms with Crippen LogP contribution in [-0.2, 0) is 27.2 Å². The number of pyridine rings is 1. The summed E-state index contributed by atoms with van der Waals surface area (Å²) in [5.41, 5.74) is 1.77. The largest absolute Gasteiger partial charge is 0.444 e. The first-order valence-corrected chi connectivity index (χ1v) is 13.2. The van der Waals surface area contributed by atoms with Crippen LogP contribution in [0.1, 0.15) is 56.6 Å². The summed E-state index contributed by atoms with van der Waals surface area (Å²) in [6.45, 7) is 5.69. The van der Waals surface area contributed by atoms with Gasteiger partial charge in [-0.05, 0) is 51.3 Å². The number of hydrogen-bond acceptors (Lipinski definition) is 6. The first-order chi connectivity index (χ1) is 18.7. The number of nitrogens with one attached hydrogen (secondary N) is 3. The Morgan fingerprint density at radius 1 is 1.08 bits per heavy atom. The Hall–Kier alpha value is -4.21. The van der Waals surface area contributed by atoms with E-state index in [1.165, 1.54) is 6.33 Å². The summed E-state index contributed by atoms with van der Waals surface area (Å²) in [4.78, 5) is 53.0. The zero-order valence-electron chi connectivity index (χ0n) is 22.6. The van der Waals surface area contributed by atoms with E-state index in [1.54, 1.807) is 38.1 Å². The Bertz CT molecular complexity index is 1230. The van der Waals surface area contributed by atoms with E-state index in [0.29, 0.717) is 31.5 Å². The third kappa shape index (κ3) is 7.89. The number of hydrogen-bond donors (Lipinski definition) is 3. The second-order valence-electron chi connectivity index (χ2n) is 10.7. The average Bonchev–Trinajstić information content (AvgIpc) is 3.60. The summed E-state index contributed by atoms with van der Waals surface area (Å²) in [5.74, 6) is -0.572. The van der Waals surface area contributed by atoms with Crippen LogP contribution in [0.5, 0.6) is 0 Å². The Labute approximate surface area is 228 Å². The molecule has 3 amide bonds. The van der Waals surface area contributed by atoms with Crippen LogP contribution in [0.4, 0.5) is 4.79 Å². The number of carbonyl (C=O) groups is 3. The lowest BCUT2D eigenvalue weighted by Crippen LogP contribution is -2.55. The molecule has 3 aromatic rings. The number of benzene rings is 1. The van der Waals surface area contributed by atoms with Crippen molar-refractivity contribution < 1.29 is 19.1 Å². The lowest BCUT2D eigenvalue weighted by molar-refractivity contribution is -0.140. The highest BCUT2D eigenvalue weighted by Gasteiger charge is 2.39. The monoisotopic (exact) mass is 532 g/mol. The Balaban J connectivity index is 1.50. The zero-order chi connectivity index (χ0) is 27.8. The summed E-state index contributed by atoms with van der Waals surface area (Å²) in [5, 5.41) is 5.87. The second kappa shape index (κ2) is 12.6. The summed E-state index contributed by atoms with van der Waals surface area (Å²) in [6.07, 6.45) is 6.08. The minimum atomic E-state index is -0.924. The summed E-state index contributed by atoms with van der Waals surface area (Å²) >= 11 is 0. The number of rotatable bonds is 9. The molecule has 0 bridgehead atoms. The minimum Gasteiger partial charge on any atom is -0.444 e. The van der Waals surface area contributed by atoms with E-state index in [9.17, 15) is 14.4 Å². The van der Waals surface area contributed by atoms with Crippen molar-refractivity contribution in [2.24, 2.45) is 0 Å². The van der Waals surface area contributed by atoms with Gasteiger partial charge in [-0.3, -0.25) is 14.6 Å². The van der Waals surface area contributed by atoms with Crippen LogP contribution in [0, 0.1) is 0 Å². The van der Waals surface area contributed by atoms with Crippen molar-refractivity contribution in [3.63, 3.8) is 0 Å². The number of H-pyrrole nitrogens is 1. The van der Waals surface area contributed by atoms with Crippen LogP contribution < -0.4 is 10.6 Å². The van der Waals surface area contributed by atoms with E-state index >= 15 is 0 Å². The molecule has 39 heavy (non-hydrogen) atoms. The molecule has 206 valence electrons. The number of aromatic nitrogens is 3. The molecule has 10 heteroatoms. The molecule has 4 rings (SSSR count). The SMILES string of the molecule is CC(C)(C)OC(=O)N[C@@H](Cc1cnc[nH]1)C(=O)N1CCC[C@H]1C(=O)N[C@@H](Cc1ccccn1)c1ccccc1. The lowest BCUT2D eigenvalue weighted by Gasteiger charge is -2.30. The fourth-order valence-corrected chi connectivity index (χ4v) is 4.70. The predicted octanol–water partition coefficient (Wildman–Crippen LogP) is 3.33. The maximum atomic E-state index is 13.8. The highest BCUT2D eigenvalue weighted by molar-refractivity contribution is 5.92. The molecular formula is C29H36N6O4. The number of nitrogens with zero attached hydrogens (tertiary/aromatic N) is 3. The molecule has 3 atom stereocenters. The molecule has 0 aliphatic carbocycles. The van der Waals surface area contributed by atoms with E-state index < -0.39 is 23.8 Å². The van der Waals surface area contributed by atoms with Crippen molar-refractivity contribution >= 4 is 17.9 Å². The number of carbonyl (C=O) groups excluding carboxylic acids is 3. The molecule has 10 nitrogen and oxygen atoms in total. The molecule has 3 heterocycles. The Kier molecular flexibility index (Phi) is 8.96. The molecule has 1 fully saturated rings. The van der Waals surface area contributed by atoms with Crippen LogP contribution in [0.3, 0.4) is 0 Å². The molecular weight excluding hydrogens is 496 g/mol. The molecule has 1 saturated heterocycles. The molecule has 1 aliphatic heterocycles. The first kappa shape index (κ1) is 27.8. The summed E-state index contributed by atoms with van der Waals surface area (Å²) in [7, 11) is 0. The van der Waals surface area contributed by atoms with Crippen LogP contribution in [0.15, 0.2) is 67.3 Å². The molecule has 1 aromatic carbocycles. The van der Waals surface area contributed by atoms with E-state index in [2.05, 4.69) is 25.6 Å². The Morgan fingerprint density at radius 2 is 1.85 bits per heavy atom. The van der Waals surface area contributed by atoms with E-state index in [0.717, 1.165) is 11.3 Å². The van der Waals surface area contributed by atoms with Crippen molar-refractivity contribution in [1.82, 2.24) is 30.5 Å². The number of aromatic amines is 1. The smallest absolute Gasteiger partial charge is 0.408 e. The van der Waals surface area contributed by atoms with Gasteiger partial charge >= 0.3 is 6.09 Å². The highest BCUT2D eigenvalue weighted by atomic mass is 16.6. The molecule has 0 unspecified atom stereocenters. The first-order valence-electron chi connectivity index (χ1n) is 13.2. The lowest BCUT2D eigenvalue weighted by atomic mass is 10.0. The average molecular weight is 533 g/mol. The van der Waals surface area contributed by atoms with Gasteiger partial charge in [0, 0.05) is 43.2 Å². The van der Waals surface area contributed by atoms with Gasteiger partial charge in [0.25, 0.3) is 0 Å². The molecule has 2 aromatic heterocycles. The third-order valence-electron chi connectivity index (χ3n) is 6.46. The van der Waals surface area contributed by atoms with Crippen molar-refractivity contribution in [1.29, 1.82) is 0 Å².